The third kappa shape index (κ3) is 2.07. The lowest BCUT2D eigenvalue weighted by Gasteiger charge is -2.17. The standard InChI is InChI=1S/C11H13ClN2O/c1-13-10(15)14-11(6-7-11)8-2-4-9(12)5-3-8/h2-5H,6-7H2,1H3,(H2,13,14,15). The van der Waals surface area contributed by atoms with Crippen molar-refractivity contribution in [1.29, 1.82) is 0 Å². The molecule has 15 heavy (non-hydrogen) atoms. The first-order chi connectivity index (χ1) is 7.16. The predicted octanol–water partition coefficient (Wildman–Crippen LogP) is 2.26. The molecule has 1 aliphatic carbocycles. The van der Waals surface area contributed by atoms with Gasteiger partial charge in [0.25, 0.3) is 0 Å². The van der Waals surface area contributed by atoms with Gasteiger partial charge >= 0.3 is 6.03 Å². The number of halogens is 1. The highest BCUT2D eigenvalue weighted by Gasteiger charge is 2.45. The minimum Gasteiger partial charge on any atom is -0.341 e. The highest BCUT2D eigenvalue weighted by atomic mass is 35.5. The molecule has 0 radical (unpaired) electrons. The van der Waals surface area contributed by atoms with E-state index in [1.165, 1.54) is 0 Å². The molecule has 0 unspecified atom stereocenters. The average Bonchev–Trinajstić information content (AvgIpc) is 3.00. The lowest BCUT2D eigenvalue weighted by atomic mass is 10.1. The molecule has 1 saturated carbocycles. The molecule has 0 spiro atoms. The summed E-state index contributed by atoms with van der Waals surface area (Å²) in [5.74, 6) is 0. The van der Waals surface area contributed by atoms with Gasteiger partial charge in [-0.15, -0.1) is 0 Å². The highest BCUT2D eigenvalue weighted by Crippen LogP contribution is 2.45. The lowest BCUT2D eigenvalue weighted by Crippen LogP contribution is -2.40. The van der Waals surface area contributed by atoms with Gasteiger partial charge in [-0.2, -0.15) is 0 Å². The van der Waals surface area contributed by atoms with E-state index in [4.69, 9.17) is 11.6 Å². The molecular formula is C11H13ClN2O. The second-order valence-corrected chi connectivity index (χ2v) is 4.23. The molecule has 1 aromatic carbocycles. The fourth-order valence-electron chi connectivity index (χ4n) is 1.66. The molecule has 0 saturated heterocycles. The molecule has 2 N–H and O–H groups in total. The SMILES string of the molecule is CNC(=O)NC1(c2ccc(Cl)cc2)CC1. The van der Waals surface area contributed by atoms with Crippen molar-refractivity contribution in [2.24, 2.45) is 0 Å². The van der Waals surface area contributed by atoms with Crippen LogP contribution in [0.25, 0.3) is 0 Å². The van der Waals surface area contributed by atoms with Gasteiger partial charge < -0.3 is 10.6 Å². The Hall–Kier alpha value is -1.22. The molecule has 2 rings (SSSR count). The van der Waals surface area contributed by atoms with Crippen LogP contribution in [0.2, 0.25) is 5.02 Å². The van der Waals surface area contributed by atoms with Crippen LogP contribution in [-0.2, 0) is 5.54 Å². The summed E-state index contributed by atoms with van der Waals surface area (Å²) in [7, 11) is 1.62. The lowest BCUT2D eigenvalue weighted by molar-refractivity contribution is 0.238. The van der Waals surface area contributed by atoms with Crippen molar-refractivity contribution in [3.8, 4) is 0 Å². The number of hydrogen-bond donors (Lipinski definition) is 2. The summed E-state index contributed by atoms with van der Waals surface area (Å²) in [5.41, 5.74) is 0.959. The minimum atomic E-state index is -0.162. The maximum atomic E-state index is 11.3. The van der Waals surface area contributed by atoms with Gasteiger partial charge in [0.15, 0.2) is 0 Å². The van der Waals surface area contributed by atoms with Gasteiger partial charge in [0.2, 0.25) is 0 Å². The fourth-order valence-corrected chi connectivity index (χ4v) is 1.79. The Balaban J connectivity index is 2.16. The number of benzene rings is 1. The third-order valence-corrected chi connectivity index (χ3v) is 2.98. The van der Waals surface area contributed by atoms with Crippen LogP contribution in [0.4, 0.5) is 4.79 Å². The van der Waals surface area contributed by atoms with E-state index in [-0.39, 0.29) is 11.6 Å². The first-order valence-corrected chi connectivity index (χ1v) is 5.30. The Bertz CT molecular complexity index is 371. The summed E-state index contributed by atoms with van der Waals surface area (Å²) >= 11 is 5.82. The smallest absolute Gasteiger partial charge is 0.315 e. The van der Waals surface area contributed by atoms with Gasteiger partial charge in [0, 0.05) is 12.1 Å². The monoisotopic (exact) mass is 224 g/mol. The molecule has 2 amide bonds. The van der Waals surface area contributed by atoms with E-state index >= 15 is 0 Å². The van der Waals surface area contributed by atoms with Crippen molar-refractivity contribution >= 4 is 17.6 Å². The Kier molecular flexibility index (Phi) is 2.57. The highest BCUT2D eigenvalue weighted by molar-refractivity contribution is 6.30. The van der Waals surface area contributed by atoms with Crippen LogP contribution < -0.4 is 10.6 Å². The van der Waals surface area contributed by atoms with Gasteiger partial charge in [-0.3, -0.25) is 0 Å². The zero-order valence-electron chi connectivity index (χ0n) is 8.51. The summed E-state index contributed by atoms with van der Waals surface area (Å²) in [6.07, 6.45) is 1.98. The van der Waals surface area contributed by atoms with Crippen LogP contribution in [0.5, 0.6) is 0 Å². The molecule has 0 atom stereocenters. The number of nitrogens with one attached hydrogen (secondary N) is 2. The Labute approximate surface area is 93.8 Å². The summed E-state index contributed by atoms with van der Waals surface area (Å²) in [5, 5.41) is 6.24. The minimum absolute atomic E-state index is 0.137. The van der Waals surface area contributed by atoms with Crippen molar-refractivity contribution in [2.75, 3.05) is 7.05 Å². The molecule has 1 aromatic rings. The zero-order valence-corrected chi connectivity index (χ0v) is 9.27. The average molecular weight is 225 g/mol. The molecule has 0 aromatic heterocycles. The van der Waals surface area contributed by atoms with Gasteiger partial charge in [-0.05, 0) is 30.5 Å². The first-order valence-electron chi connectivity index (χ1n) is 4.92. The van der Waals surface area contributed by atoms with Crippen molar-refractivity contribution in [3.05, 3.63) is 34.9 Å². The summed E-state index contributed by atoms with van der Waals surface area (Å²) in [6.45, 7) is 0. The Morgan fingerprint density at radius 2 is 1.93 bits per heavy atom. The predicted molar refractivity (Wildman–Crippen MR) is 60.0 cm³/mol. The maximum Gasteiger partial charge on any atom is 0.315 e. The molecule has 0 aliphatic heterocycles. The fraction of sp³-hybridized carbons (Fsp3) is 0.364. The maximum absolute atomic E-state index is 11.3. The van der Waals surface area contributed by atoms with Gasteiger partial charge in [-0.25, -0.2) is 4.79 Å². The third-order valence-electron chi connectivity index (χ3n) is 2.73. The van der Waals surface area contributed by atoms with Crippen molar-refractivity contribution in [3.63, 3.8) is 0 Å². The van der Waals surface area contributed by atoms with E-state index in [9.17, 15) is 4.79 Å². The summed E-state index contributed by atoms with van der Waals surface area (Å²) in [6, 6.07) is 7.49. The molecule has 0 heterocycles. The molecule has 1 aliphatic rings. The summed E-state index contributed by atoms with van der Waals surface area (Å²) < 4.78 is 0. The van der Waals surface area contributed by atoms with E-state index in [1.807, 2.05) is 24.3 Å². The van der Waals surface area contributed by atoms with Crippen LogP contribution in [-0.4, -0.2) is 13.1 Å². The van der Waals surface area contributed by atoms with E-state index < -0.39 is 0 Å². The van der Waals surface area contributed by atoms with Gasteiger partial charge in [-0.1, -0.05) is 23.7 Å². The Morgan fingerprint density at radius 1 is 1.33 bits per heavy atom. The molecule has 4 heteroatoms. The van der Waals surface area contributed by atoms with E-state index in [0.29, 0.717) is 0 Å². The van der Waals surface area contributed by atoms with Crippen LogP contribution in [0.3, 0.4) is 0 Å². The number of rotatable bonds is 2. The number of carbonyl (C=O) groups is 1. The van der Waals surface area contributed by atoms with Gasteiger partial charge in [0.1, 0.15) is 0 Å². The van der Waals surface area contributed by atoms with Gasteiger partial charge in [0.05, 0.1) is 5.54 Å². The van der Waals surface area contributed by atoms with Crippen LogP contribution in [0.15, 0.2) is 24.3 Å². The number of amides is 2. The van der Waals surface area contributed by atoms with E-state index in [0.717, 1.165) is 23.4 Å². The van der Waals surface area contributed by atoms with Crippen molar-refractivity contribution in [1.82, 2.24) is 10.6 Å². The molecular weight excluding hydrogens is 212 g/mol. The summed E-state index contributed by atoms with van der Waals surface area (Å²) in [4.78, 5) is 11.3. The molecule has 0 bridgehead atoms. The Morgan fingerprint density at radius 3 is 2.40 bits per heavy atom. The number of urea groups is 1. The second-order valence-electron chi connectivity index (χ2n) is 3.79. The molecule has 1 fully saturated rings. The van der Waals surface area contributed by atoms with Crippen molar-refractivity contribution < 1.29 is 4.79 Å². The van der Waals surface area contributed by atoms with Crippen LogP contribution >= 0.6 is 11.6 Å². The van der Waals surface area contributed by atoms with E-state index in [2.05, 4.69) is 10.6 Å². The first kappa shape index (κ1) is 10.3. The normalized spacial score (nSPS) is 16.9. The largest absolute Gasteiger partial charge is 0.341 e. The second kappa shape index (κ2) is 3.74. The number of hydrogen-bond acceptors (Lipinski definition) is 1. The zero-order chi connectivity index (χ0) is 10.9. The molecule has 80 valence electrons. The van der Waals surface area contributed by atoms with Crippen molar-refractivity contribution in [2.45, 2.75) is 18.4 Å². The topological polar surface area (TPSA) is 41.1 Å². The molecule has 3 nitrogen and oxygen atoms in total. The van der Waals surface area contributed by atoms with Crippen LogP contribution in [0.1, 0.15) is 18.4 Å². The van der Waals surface area contributed by atoms with E-state index in [1.54, 1.807) is 7.05 Å². The quantitative estimate of drug-likeness (QED) is 0.795. The van der Waals surface area contributed by atoms with Crippen LogP contribution in [0, 0.1) is 0 Å². The number of carbonyl (C=O) groups excluding carboxylic acids is 1.